The van der Waals surface area contributed by atoms with Gasteiger partial charge in [-0.1, -0.05) is 29.3 Å². The van der Waals surface area contributed by atoms with Gasteiger partial charge in [0.25, 0.3) is 0 Å². The molecule has 0 saturated heterocycles. The summed E-state index contributed by atoms with van der Waals surface area (Å²) in [5.74, 6) is 0. The van der Waals surface area contributed by atoms with E-state index in [-0.39, 0.29) is 6.04 Å². The van der Waals surface area contributed by atoms with Crippen LogP contribution in [0.3, 0.4) is 0 Å². The van der Waals surface area contributed by atoms with Gasteiger partial charge >= 0.3 is 0 Å². The molecule has 0 amide bonds. The lowest BCUT2D eigenvalue weighted by Gasteiger charge is -2.19. The van der Waals surface area contributed by atoms with Crippen molar-refractivity contribution in [3.8, 4) is 0 Å². The molecule has 1 unspecified atom stereocenters. The maximum Gasteiger partial charge on any atom is 0.0978 e. The fraction of sp³-hybridized carbons (Fsp3) is 0.385. The van der Waals surface area contributed by atoms with Crippen LogP contribution in [-0.2, 0) is 0 Å². The first-order valence-corrected chi connectivity index (χ1v) is 6.79. The summed E-state index contributed by atoms with van der Waals surface area (Å²) >= 11 is 12.0. The van der Waals surface area contributed by atoms with Crippen LogP contribution in [0.15, 0.2) is 30.6 Å². The second-order valence-electron chi connectivity index (χ2n) is 4.63. The molecule has 4 nitrogen and oxygen atoms in total. The van der Waals surface area contributed by atoms with Crippen LogP contribution in [0.2, 0.25) is 10.0 Å². The van der Waals surface area contributed by atoms with E-state index >= 15 is 0 Å². The van der Waals surface area contributed by atoms with Gasteiger partial charge in [-0.15, -0.1) is 0 Å². The van der Waals surface area contributed by atoms with E-state index in [2.05, 4.69) is 15.1 Å². The van der Waals surface area contributed by atoms with Crippen molar-refractivity contribution in [1.82, 2.24) is 19.9 Å². The van der Waals surface area contributed by atoms with Gasteiger partial charge in [-0.25, -0.2) is 0 Å². The molecular weight excluding hydrogens is 283 g/mol. The zero-order valence-corrected chi connectivity index (χ0v) is 12.4. The molecule has 0 N–H and O–H groups in total. The highest BCUT2D eigenvalue weighted by Gasteiger charge is 2.16. The van der Waals surface area contributed by atoms with Crippen molar-refractivity contribution in [2.75, 3.05) is 20.6 Å². The van der Waals surface area contributed by atoms with Gasteiger partial charge in [0.1, 0.15) is 0 Å². The summed E-state index contributed by atoms with van der Waals surface area (Å²) in [6.45, 7) is 0.937. The van der Waals surface area contributed by atoms with E-state index in [4.69, 9.17) is 23.2 Å². The molecule has 2 aromatic rings. The number of aromatic nitrogens is 3. The molecule has 102 valence electrons. The highest BCUT2D eigenvalue weighted by atomic mass is 35.5. The van der Waals surface area contributed by atoms with Gasteiger partial charge in [0.15, 0.2) is 0 Å². The number of hydrogen-bond donors (Lipinski definition) is 0. The van der Waals surface area contributed by atoms with Crippen molar-refractivity contribution in [3.63, 3.8) is 0 Å². The van der Waals surface area contributed by atoms with Gasteiger partial charge in [0, 0.05) is 0 Å². The average molecular weight is 299 g/mol. The van der Waals surface area contributed by atoms with Crippen molar-refractivity contribution < 1.29 is 0 Å². The van der Waals surface area contributed by atoms with Gasteiger partial charge in [0.05, 0.1) is 28.5 Å². The summed E-state index contributed by atoms with van der Waals surface area (Å²) < 4.78 is 0. The van der Waals surface area contributed by atoms with E-state index in [0.29, 0.717) is 10.0 Å². The molecule has 19 heavy (non-hydrogen) atoms. The maximum absolute atomic E-state index is 6.09. The van der Waals surface area contributed by atoms with Crippen LogP contribution in [0.1, 0.15) is 18.0 Å². The molecule has 0 aliphatic carbocycles. The van der Waals surface area contributed by atoms with E-state index in [1.165, 1.54) is 0 Å². The van der Waals surface area contributed by atoms with Crippen molar-refractivity contribution in [2.24, 2.45) is 0 Å². The van der Waals surface area contributed by atoms with Gasteiger partial charge in [-0.3, -0.25) is 0 Å². The standard InChI is InChI=1S/C13H16Cl2N4/c1-18(2)8-5-13(19-16-6-7-17-19)10-3-4-11(14)12(15)9-10/h3-4,6-7,9,13H,5,8H2,1-2H3. The first-order chi connectivity index (χ1) is 9.08. The normalized spacial score (nSPS) is 12.9. The Bertz CT molecular complexity index is 525. The molecule has 0 radical (unpaired) electrons. The number of halogens is 2. The molecule has 2 rings (SSSR count). The van der Waals surface area contributed by atoms with E-state index in [9.17, 15) is 0 Å². The monoisotopic (exact) mass is 298 g/mol. The Morgan fingerprint density at radius 2 is 1.84 bits per heavy atom. The Morgan fingerprint density at radius 3 is 2.42 bits per heavy atom. The number of rotatable bonds is 5. The Morgan fingerprint density at radius 1 is 1.16 bits per heavy atom. The van der Waals surface area contributed by atoms with Gasteiger partial charge < -0.3 is 4.90 Å². The fourth-order valence-corrected chi connectivity index (χ4v) is 2.21. The molecule has 1 atom stereocenters. The molecular formula is C13H16Cl2N4. The molecule has 0 spiro atoms. The third kappa shape index (κ3) is 3.69. The summed E-state index contributed by atoms with van der Waals surface area (Å²) in [7, 11) is 4.09. The van der Waals surface area contributed by atoms with Crippen LogP contribution in [0.25, 0.3) is 0 Å². The quantitative estimate of drug-likeness (QED) is 0.850. The topological polar surface area (TPSA) is 34.0 Å². The lowest BCUT2D eigenvalue weighted by molar-refractivity contribution is 0.342. The molecule has 6 heteroatoms. The van der Waals surface area contributed by atoms with Crippen LogP contribution < -0.4 is 0 Å². The average Bonchev–Trinajstić information content (AvgIpc) is 2.87. The molecule has 0 fully saturated rings. The van der Waals surface area contributed by atoms with Gasteiger partial charge in [-0.05, 0) is 44.8 Å². The van der Waals surface area contributed by atoms with Crippen LogP contribution in [0.4, 0.5) is 0 Å². The minimum atomic E-state index is 0.0622. The Hall–Kier alpha value is -1.10. The molecule has 1 aromatic heterocycles. The number of nitrogens with zero attached hydrogens (tertiary/aromatic N) is 4. The zero-order valence-electron chi connectivity index (χ0n) is 10.9. The lowest BCUT2D eigenvalue weighted by Crippen LogP contribution is -2.21. The van der Waals surface area contributed by atoms with Gasteiger partial charge in [-0.2, -0.15) is 15.0 Å². The predicted octanol–water partition coefficient (Wildman–Crippen LogP) is 3.13. The highest BCUT2D eigenvalue weighted by Crippen LogP contribution is 2.28. The number of hydrogen-bond acceptors (Lipinski definition) is 3. The smallest absolute Gasteiger partial charge is 0.0978 e. The summed E-state index contributed by atoms with van der Waals surface area (Å²) in [5, 5.41) is 9.58. The predicted molar refractivity (Wildman–Crippen MR) is 77.8 cm³/mol. The largest absolute Gasteiger partial charge is 0.309 e. The highest BCUT2D eigenvalue weighted by molar-refractivity contribution is 6.42. The third-order valence-corrected chi connectivity index (χ3v) is 3.63. The minimum Gasteiger partial charge on any atom is -0.309 e. The summed E-state index contributed by atoms with van der Waals surface area (Å²) in [4.78, 5) is 3.84. The third-order valence-electron chi connectivity index (χ3n) is 2.89. The Labute approximate surface area is 122 Å². The molecule has 0 aliphatic heterocycles. The lowest BCUT2D eigenvalue weighted by atomic mass is 10.0. The van der Waals surface area contributed by atoms with E-state index < -0.39 is 0 Å². The molecule has 0 aliphatic rings. The van der Waals surface area contributed by atoms with Crippen LogP contribution in [-0.4, -0.2) is 40.5 Å². The summed E-state index contributed by atoms with van der Waals surface area (Å²) in [6, 6.07) is 5.73. The number of benzene rings is 1. The second kappa shape index (κ2) is 6.37. The van der Waals surface area contributed by atoms with E-state index in [1.807, 2.05) is 32.3 Å². The molecule has 0 saturated carbocycles. The Balaban J connectivity index is 2.28. The van der Waals surface area contributed by atoms with Gasteiger partial charge in [0.2, 0.25) is 0 Å². The van der Waals surface area contributed by atoms with Crippen LogP contribution in [0, 0.1) is 0 Å². The summed E-state index contributed by atoms with van der Waals surface area (Å²) in [6.07, 6.45) is 4.26. The summed E-state index contributed by atoms with van der Waals surface area (Å²) in [5.41, 5.74) is 1.06. The second-order valence-corrected chi connectivity index (χ2v) is 5.45. The SMILES string of the molecule is CN(C)CCC(c1ccc(Cl)c(Cl)c1)n1nccn1. The molecule has 1 aromatic carbocycles. The maximum atomic E-state index is 6.09. The zero-order chi connectivity index (χ0) is 13.8. The Kier molecular flexibility index (Phi) is 4.80. The first-order valence-electron chi connectivity index (χ1n) is 6.03. The minimum absolute atomic E-state index is 0.0622. The van der Waals surface area contributed by atoms with Crippen molar-refractivity contribution in [1.29, 1.82) is 0 Å². The van der Waals surface area contributed by atoms with E-state index in [1.54, 1.807) is 17.2 Å². The van der Waals surface area contributed by atoms with E-state index in [0.717, 1.165) is 18.5 Å². The van der Waals surface area contributed by atoms with Crippen molar-refractivity contribution >= 4 is 23.2 Å². The first kappa shape index (κ1) is 14.3. The van der Waals surface area contributed by atoms with Crippen LogP contribution in [0.5, 0.6) is 0 Å². The van der Waals surface area contributed by atoms with Crippen molar-refractivity contribution in [3.05, 3.63) is 46.2 Å². The van der Waals surface area contributed by atoms with Crippen molar-refractivity contribution in [2.45, 2.75) is 12.5 Å². The fourth-order valence-electron chi connectivity index (χ4n) is 1.90. The van der Waals surface area contributed by atoms with Crippen LogP contribution >= 0.6 is 23.2 Å². The molecule has 0 bridgehead atoms. The molecule has 1 heterocycles.